The molecule has 35 heavy (non-hydrogen) atoms. The second kappa shape index (κ2) is 11.5. The number of carbonyl (C=O) groups is 2. The molecule has 3 aromatic heterocycles. The lowest BCUT2D eigenvalue weighted by molar-refractivity contribution is -0.192. The Balaban J connectivity index is 0.000000429. The van der Waals surface area contributed by atoms with Crippen molar-refractivity contribution in [3.05, 3.63) is 57.7 Å². The van der Waals surface area contributed by atoms with Gasteiger partial charge in [-0.1, -0.05) is 13.0 Å². The Kier molecular flexibility index (Phi) is 8.62. The number of nitrogens with zero attached hydrogens (tertiary/aromatic N) is 3. The third kappa shape index (κ3) is 6.67. The molecular weight excluding hydrogens is 485 g/mol. The Morgan fingerprint density at radius 1 is 1.26 bits per heavy atom. The summed E-state index contributed by atoms with van der Waals surface area (Å²) in [4.78, 5) is 26.3. The maximum Gasteiger partial charge on any atom is 0.490 e. The number of nitrogens with one attached hydrogen (secondary N) is 1. The van der Waals surface area contributed by atoms with Gasteiger partial charge in [0, 0.05) is 47.4 Å². The molecule has 3 heterocycles. The molecule has 0 radical (unpaired) electrons. The van der Waals surface area contributed by atoms with Crippen LogP contribution >= 0.6 is 11.3 Å². The third-order valence-electron chi connectivity index (χ3n) is 5.50. The van der Waals surface area contributed by atoms with Crippen molar-refractivity contribution in [2.75, 3.05) is 13.1 Å². The maximum atomic E-state index is 11.9. The van der Waals surface area contributed by atoms with E-state index in [0.29, 0.717) is 24.6 Å². The topological polar surface area (TPSA) is 117 Å². The summed E-state index contributed by atoms with van der Waals surface area (Å²) in [6.45, 7) is 4.56. The number of aromatic carboxylic acids is 1. The van der Waals surface area contributed by atoms with E-state index in [1.807, 2.05) is 12.3 Å². The number of halogens is 3. The summed E-state index contributed by atoms with van der Waals surface area (Å²) in [7, 11) is 0. The monoisotopic (exact) mass is 510 g/mol. The molecule has 0 amide bonds. The normalized spacial score (nSPS) is 13.3. The van der Waals surface area contributed by atoms with Crippen LogP contribution in [0.5, 0.6) is 0 Å². The van der Waals surface area contributed by atoms with Gasteiger partial charge in [0.15, 0.2) is 0 Å². The number of rotatable bonds is 8. The Labute approximate surface area is 203 Å². The number of fused-ring (bicyclic) bond motifs is 3. The van der Waals surface area contributed by atoms with Gasteiger partial charge in [-0.2, -0.15) is 18.3 Å². The van der Waals surface area contributed by atoms with Crippen molar-refractivity contribution in [1.82, 2.24) is 20.1 Å². The average Bonchev–Trinajstić information content (AvgIpc) is 3.46. The molecule has 0 saturated heterocycles. The van der Waals surface area contributed by atoms with Crippen LogP contribution < -0.4 is 5.32 Å². The fourth-order valence-electron chi connectivity index (χ4n) is 3.82. The lowest BCUT2D eigenvalue weighted by atomic mass is 9.90. The van der Waals surface area contributed by atoms with Crippen molar-refractivity contribution >= 4 is 23.3 Å². The summed E-state index contributed by atoms with van der Waals surface area (Å²) in [5, 5.41) is 27.1. The second-order valence-corrected chi connectivity index (χ2v) is 8.99. The van der Waals surface area contributed by atoms with Crippen molar-refractivity contribution in [1.29, 1.82) is 0 Å². The molecule has 3 N–H and O–H groups in total. The van der Waals surface area contributed by atoms with E-state index in [-0.39, 0.29) is 0 Å². The van der Waals surface area contributed by atoms with E-state index < -0.39 is 18.1 Å². The van der Waals surface area contributed by atoms with Gasteiger partial charge in [0.2, 0.25) is 0 Å². The van der Waals surface area contributed by atoms with Crippen LogP contribution in [0.4, 0.5) is 13.2 Å². The summed E-state index contributed by atoms with van der Waals surface area (Å²) >= 11 is 1.78. The Hall–Kier alpha value is -3.25. The van der Waals surface area contributed by atoms with Crippen LogP contribution in [0.25, 0.3) is 11.3 Å². The highest BCUT2D eigenvalue weighted by atomic mass is 32.1. The number of hydrogen-bond donors (Lipinski definition) is 3. The quantitative estimate of drug-likeness (QED) is 0.389. The fourth-order valence-corrected chi connectivity index (χ4v) is 4.60. The highest BCUT2D eigenvalue weighted by Crippen LogP contribution is 2.34. The van der Waals surface area contributed by atoms with Gasteiger partial charge in [-0.25, -0.2) is 9.59 Å². The summed E-state index contributed by atoms with van der Waals surface area (Å²) in [5.74, 6) is -3.17. The number of hydrogen-bond acceptors (Lipinski definition) is 6. The van der Waals surface area contributed by atoms with Gasteiger partial charge < -0.3 is 15.5 Å². The summed E-state index contributed by atoms with van der Waals surface area (Å²) < 4.78 is 33.4. The van der Waals surface area contributed by atoms with E-state index in [1.165, 1.54) is 4.88 Å². The molecule has 0 bridgehead atoms. The Morgan fingerprint density at radius 3 is 2.63 bits per heavy atom. The Morgan fingerprint density at radius 2 is 2.00 bits per heavy atom. The first-order valence-electron chi connectivity index (χ1n) is 10.9. The number of aliphatic carboxylic acids is 1. The first-order chi connectivity index (χ1) is 16.6. The number of aromatic nitrogens is 3. The predicted octanol–water partition coefficient (Wildman–Crippen LogP) is 4.22. The molecule has 8 nitrogen and oxygen atoms in total. The van der Waals surface area contributed by atoms with E-state index in [0.717, 1.165) is 48.3 Å². The number of alkyl halides is 3. The molecule has 1 unspecified atom stereocenters. The molecule has 12 heteroatoms. The number of thiophene rings is 1. The molecule has 188 valence electrons. The van der Waals surface area contributed by atoms with Crippen LogP contribution in [0.15, 0.2) is 36.0 Å². The molecule has 0 spiro atoms. The van der Waals surface area contributed by atoms with E-state index in [2.05, 4.69) is 39.8 Å². The van der Waals surface area contributed by atoms with Gasteiger partial charge in [-0.15, -0.1) is 11.3 Å². The van der Waals surface area contributed by atoms with E-state index in [4.69, 9.17) is 9.90 Å². The maximum absolute atomic E-state index is 11.9. The van der Waals surface area contributed by atoms with E-state index in [9.17, 15) is 23.1 Å². The van der Waals surface area contributed by atoms with Crippen LogP contribution in [0.3, 0.4) is 0 Å². The molecule has 0 saturated carbocycles. The van der Waals surface area contributed by atoms with Gasteiger partial charge >= 0.3 is 18.1 Å². The second-order valence-electron chi connectivity index (χ2n) is 8.01. The largest absolute Gasteiger partial charge is 0.490 e. The van der Waals surface area contributed by atoms with Gasteiger partial charge in [0.05, 0.1) is 5.69 Å². The van der Waals surface area contributed by atoms with Gasteiger partial charge in [-0.05, 0) is 48.9 Å². The molecule has 1 atom stereocenters. The molecule has 0 fully saturated rings. The van der Waals surface area contributed by atoms with Crippen LogP contribution in [0, 0.1) is 0 Å². The van der Waals surface area contributed by atoms with Gasteiger partial charge in [-0.3, -0.25) is 9.67 Å². The minimum Gasteiger partial charge on any atom is -0.477 e. The minimum atomic E-state index is -5.08. The third-order valence-corrected chi connectivity index (χ3v) is 6.61. The van der Waals surface area contributed by atoms with Gasteiger partial charge in [0.1, 0.15) is 5.69 Å². The smallest absolute Gasteiger partial charge is 0.477 e. The van der Waals surface area contributed by atoms with Crippen molar-refractivity contribution in [2.45, 2.75) is 44.8 Å². The summed E-state index contributed by atoms with van der Waals surface area (Å²) in [6, 6.07) is 6.18. The van der Waals surface area contributed by atoms with Crippen LogP contribution in [0.1, 0.15) is 45.8 Å². The molecule has 1 aliphatic carbocycles. The van der Waals surface area contributed by atoms with Crippen molar-refractivity contribution in [3.63, 3.8) is 0 Å². The molecule has 0 aromatic carbocycles. The van der Waals surface area contributed by atoms with Gasteiger partial charge in [0.25, 0.3) is 0 Å². The van der Waals surface area contributed by atoms with Crippen LogP contribution in [0.2, 0.25) is 0 Å². The SMILES string of the molecule is CC(CNCCCn1nc2c(c1C(=O)O)CCc1cnccc1-2)c1cccs1.O=C(O)C(F)(F)F. The number of carboxylic acid groups (broad SMARTS) is 2. The zero-order chi connectivity index (χ0) is 25.6. The number of pyridine rings is 1. The lowest BCUT2D eigenvalue weighted by Crippen LogP contribution is -2.22. The fraction of sp³-hybridized carbons (Fsp3) is 0.391. The van der Waals surface area contributed by atoms with Crippen molar-refractivity contribution < 1.29 is 33.0 Å². The van der Waals surface area contributed by atoms with Crippen molar-refractivity contribution in [3.8, 4) is 11.3 Å². The number of carboxylic acids is 2. The highest BCUT2D eigenvalue weighted by molar-refractivity contribution is 7.10. The summed E-state index contributed by atoms with van der Waals surface area (Å²) in [5.41, 5.74) is 4.15. The average molecular weight is 511 g/mol. The Bertz CT molecular complexity index is 1160. The first-order valence-corrected chi connectivity index (χ1v) is 11.8. The van der Waals surface area contributed by atoms with E-state index in [1.54, 1.807) is 22.2 Å². The zero-order valence-corrected chi connectivity index (χ0v) is 19.7. The molecule has 4 rings (SSSR count). The molecule has 0 aliphatic heterocycles. The van der Waals surface area contributed by atoms with Crippen LogP contribution in [-0.4, -0.2) is 56.2 Å². The standard InChI is InChI=1S/C21H24N4O2S.C2HF3O2/c1-14(18-4-2-11-28-18)12-22-8-3-10-25-20(21(26)27)17-6-5-15-13-23-9-7-16(15)19(17)24-25;3-2(4,5)1(6)7/h2,4,7,9,11,13-14,22H,3,5-6,8,10,12H2,1H3,(H,26,27);(H,6,7). The zero-order valence-electron chi connectivity index (χ0n) is 18.9. The highest BCUT2D eigenvalue weighted by Gasteiger charge is 2.38. The molecule has 3 aromatic rings. The number of aryl methyl sites for hydroxylation is 2. The minimum absolute atomic E-state index is 0.337. The predicted molar refractivity (Wildman–Crippen MR) is 124 cm³/mol. The van der Waals surface area contributed by atoms with Crippen LogP contribution in [-0.2, 0) is 24.2 Å². The first kappa shape index (κ1) is 26.4. The summed E-state index contributed by atoms with van der Waals surface area (Å²) in [6.07, 6.45) is 0.861. The molecular formula is C23H25F3N4O4S. The van der Waals surface area contributed by atoms with Crippen molar-refractivity contribution in [2.24, 2.45) is 0 Å². The van der Waals surface area contributed by atoms with E-state index >= 15 is 0 Å². The lowest BCUT2D eigenvalue weighted by Gasteiger charge is -2.14. The molecule has 1 aliphatic rings.